The summed E-state index contributed by atoms with van der Waals surface area (Å²) in [6, 6.07) is 8.46. The first-order chi connectivity index (χ1) is 14.1. The molecule has 0 amide bonds. The van der Waals surface area contributed by atoms with Crippen molar-refractivity contribution in [3.05, 3.63) is 64.9 Å². The number of rotatable bonds is 9. The van der Waals surface area contributed by atoms with Crippen LogP contribution in [0.4, 0.5) is 10.1 Å². The van der Waals surface area contributed by atoms with E-state index in [0.717, 1.165) is 50.1 Å². The summed E-state index contributed by atoms with van der Waals surface area (Å²) < 4.78 is 24.1. The SMILES string of the molecule is [C-]#[N+]c1cc(OC)ncc1CN1CC[C@@](CCc2ccc(F)cc2)(COCC)C1. The number of methoxy groups -OCH3 is 1. The second kappa shape index (κ2) is 9.82. The number of benzene rings is 1. The highest BCUT2D eigenvalue weighted by molar-refractivity contribution is 5.53. The molecule has 2 heterocycles. The maximum absolute atomic E-state index is 13.2. The van der Waals surface area contributed by atoms with E-state index in [2.05, 4.69) is 14.7 Å². The summed E-state index contributed by atoms with van der Waals surface area (Å²) in [5.74, 6) is 0.264. The van der Waals surface area contributed by atoms with Gasteiger partial charge < -0.3 is 9.47 Å². The Morgan fingerprint density at radius 3 is 2.79 bits per heavy atom. The lowest BCUT2D eigenvalue weighted by Crippen LogP contribution is -2.32. The summed E-state index contributed by atoms with van der Waals surface area (Å²) in [7, 11) is 1.55. The Labute approximate surface area is 172 Å². The van der Waals surface area contributed by atoms with Crippen molar-refractivity contribution in [3.8, 4) is 5.88 Å². The summed E-state index contributed by atoms with van der Waals surface area (Å²) in [4.78, 5) is 10.3. The van der Waals surface area contributed by atoms with Crippen LogP contribution >= 0.6 is 0 Å². The first-order valence-corrected chi connectivity index (χ1v) is 10.0. The van der Waals surface area contributed by atoms with Gasteiger partial charge in [0.2, 0.25) is 5.88 Å². The summed E-state index contributed by atoms with van der Waals surface area (Å²) in [6.45, 7) is 13.5. The van der Waals surface area contributed by atoms with Crippen molar-refractivity contribution in [1.29, 1.82) is 0 Å². The molecule has 6 heteroatoms. The molecule has 1 fully saturated rings. The molecule has 1 aliphatic heterocycles. The van der Waals surface area contributed by atoms with Crippen molar-refractivity contribution in [2.45, 2.75) is 32.7 Å². The van der Waals surface area contributed by atoms with E-state index in [9.17, 15) is 4.39 Å². The van der Waals surface area contributed by atoms with E-state index >= 15 is 0 Å². The minimum Gasteiger partial charge on any atom is -0.482 e. The lowest BCUT2D eigenvalue weighted by Gasteiger charge is -2.29. The lowest BCUT2D eigenvalue weighted by molar-refractivity contribution is 0.0489. The molecule has 1 aromatic heterocycles. The zero-order valence-corrected chi connectivity index (χ0v) is 17.2. The quantitative estimate of drug-likeness (QED) is 0.578. The number of ether oxygens (including phenoxy) is 2. The number of pyridine rings is 1. The topological polar surface area (TPSA) is 39.0 Å². The molecule has 0 aliphatic carbocycles. The first-order valence-electron chi connectivity index (χ1n) is 10.0. The fraction of sp³-hybridized carbons (Fsp3) is 0.478. The summed E-state index contributed by atoms with van der Waals surface area (Å²) >= 11 is 0. The van der Waals surface area contributed by atoms with E-state index in [1.54, 1.807) is 19.4 Å². The van der Waals surface area contributed by atoms with Gasteiger partial charge in [-0.05, 0) is 56.0 Å². The van der Waals surface area contributed by atoms with Gasteiger partial charge in [-0.3, -0.25) is 4.90 Å². The smallest absolute Gasteiger partial charge is 0.201 e. The minimum atomic E-state index is -0.200. The van der Waals surface area contributed by atoms with Gasteiger partial charge in [0.1, 0.15) is 5.82 Å². The average molecular weight is 397 g/mol. The predicted molar refractivity (Wildman–Crippen MR) is 111 cm³/mol. The third-order valence-electron chi connectivity index (χ3n) is 5.65. The number of hydrogen-bond donors (Lipinski definition) is 0. The monoisotopic (exact) mass is 397 g/mol. The van der Waals surface area contributed by atoms with Gasteiger partial charge in [-0.15, -0.1) is 0 Å². The number of aryl methyl sites for hydroxylation is 1. The first kappa shape index (κ1) is 21.2. The van der Waals surface area contributed by atoms with Crippen LogP contribution in [0.2, 0.25) is 0 Å². The van der Waals surface area contributed by atoms with Crippen LogP contribution in [0.1, 0.15) is 30.9 Å². The summed E-state index contributed by atoms with van der Waals surface area (Å²) in [5, 5.41) is 0. The number of halogens is 1. The molecule has 0 N–H and O–H groups in total. The molecular formula is C23H28FN3O2. The average Bonchev–Trinajstić information content (AvgIpc) is 3.15. The van der Waals surface area contributed by atoms with Gasteiger partial charge in [0.15, 0.2) is 5.69 Å². The Kier molecular flexibility index (Phi) is 7.18. The molecule has 29 heavy (non-hydrogen) atoms. The molecule has 1 aliphatic rings. The van der Waals surface area contributed by atoms with Gasteiger partial charge in [0.25, 0.3) is 0 Å². The van der Waals surface area contributed by atoms with Crippen molar-refractivity contribution in [2.75, 3.05) is 33.4 Å². The molecule has 1 aromatic carbocycles. The zero-order chi connectivity index (χ0) is 20.7. The highest BCUT2D eigenvalue weighted by Gasteiger charge is 2.38. The maximum atomic E-state index is 13.2. The van der Waals surface area contributed by atoms with Crippen molar-refractivity contribution in [3.63, 3.8) is 0 Å². The number of aromatic nitrogens is 1. The third kappa shape index (κ3) is 5.53. The molecule has 0 saturated carbocycles. The van der Waals surface area contributed by atoms with E-state index in [0.29, 0.717) is 24.7 Å². The highest BCUT2D eigenvalue weighted by atomic mass is 19.1. The molecule has 1 atom stereocenters. The number of likely N-dealkylation sites (tertiary alicyclic amines) is 1. The maximum Gasteiger partial charge on any atom is 0.201 e. The Bertz CT molecular complexity index is 850. The van der Waals surface area contributed by atoms with Gasteiger partial charge in [0, 0.05) is 37.4 Å². The molecular weight excluding hydrogens is 369 g/mol. The Hall–Kier alpha value is -2.49. The Balaban J connectivity index is 1.67. The predicted octanol–water partition coefficient (Wildman–Crippen LogP) is 4.64. The summed E-state index contributed by atoms with van der Waals surface area (Å²) in [6.07, 6.45) is 4.68. The second-order valence-electron chi connectivity index (χ2n) is 7.69. The van der Waals surface area contributed by atoms with E-state index in [1.165, 1.54) is 12.1 Å². The van der Waals surface area contributed by atoms with Crippen LogP contribution in [0.25, 0.3) is 4.85 Å². The highest BCUT2D eigenvalue weighted by Crippen LogP contribution is 2.37. The van der Waals surface area contributed by atoms with E-state index in [1.807, 2.05) is 19.1 Å². The minimum absolute atomic E-state index is 0.0720. The van der Waals surface area contributed by atoms with Crippen LogP contribution in [-0.4, -0.2) is 43.3 Å². The lowest BCUT2D eigenvalue weighted by atomic mass is 9.82. The van der Waals surface area contributed by atoms with Crippen LogP contribution < -0.4 is 4.74 Å². The van der Waals surface area contributed by atoms with Crippen molar-refractivity contribution in [2.24, 2.45) is 5.41 Å². The van der Waals surface area contributed by atoms with Gasteiger partial charge in [-0.2, -0.15) is 0 Å². The molecule has 0 radical (unpaired) electrons. The van der Waals surface area contributed by atoms with Crippen LogP contribution in [-0.2, 0) is 17.7 Å². The van der Waals surface area contributed by atoms with Crippen LogP contribution in [0, 0.1) is 17.8 Å². The fourth-order valence-electron chi connectivity index (χ4n) is 3.97. The van der Waals surface area contributed by atoms with Gasteiger partial charge in [-0.1, -0.05) is 12.1 Å². The molecule has 0 unspecified atom stereocenters. The molecule has 154 valence electrons. The molecule has 3 rings (SSSR count). The second-order valence-corrected chi connectivity index (χ2v) is 7.69. The van der Waals surface area contributed by atoms with Crippen molar-refractivity contribution < 1.29 is 13.9 Å². The summed E-state index contributed by atoms with van der Waals surface area (Å²) in [5.41, 5.74) is 2.73. The van der Waals surface area contributed by atoms with Gasteiger partial charge in [-0.25, -0.2) is 14.2 Å². The zero-order valence-electron chi connectivity index (χ0n) is 17.2. The Morgan fingerprint density at radius 2 is 2.10 bits per heavy atom. The van der Waals surface area contributed by atoms with E-state index in [-0.39, 0.29) is 11.2 Å². The fourth-order valence-corrected chi connectivity index (χ4v) is 3.97. The molecule has 1 saturated heterocycles. The number of hydrogen-bond acceptors (Lipinski definition) is 4. The normalized spacial score (nSPS) is 19.2. The van der Waals surface area contributed by atoms with Crippen LogP contribution in [0.5, 0.6) is 5.88 Å². The van der Waals surface area contributed by atoms with Crippen molar-refractivity contribution >= 4 is 5.69 Å². The molecule has 5 nitrogen and oxygen atoms in total. The molecule has 2 aromatic rings. The van der Waals surface area contributed by atoms with Crippen molar-refractivity contribution in [1.82, 2.24) is 9.88 Å². The molecule has 0 bridgehead atoms. The van der Waals surface area contributed by atoms with Gasteiger partial charge in [0.05, 0.1) is 20.3 Å². The largest absolute Gasteiger partial charge is 0.482 e. The van der Waals surface area contributed by atoms with Crippen LogP contribution in [0.15, 0.2) is 36.5 Å². The van der Waals surface area contributed by atoms with Crippen LogP contribution in [0.3, 0.4) is 0 Å². The van der Waals surface area contributed by atoms with E-state index in [4.69, 9.17) is 16.0 Å². The molecule has 0 spiro atoms. The standard InChI is InChI=1S/C23H28FN3O2/c1-4-29-17-23(10-9-18-5-7-20(24)8-6-18)11-12-27(16-23)15-19-14-26-22(28-3)13-21(19)25-2/h5-8,13-14H,4,9-12,15-17H2,1,3H3/t23-/m1/s1. The Morgan fingerprint density at radius 1 is 1.31 bits per heavy atom. The number of nitrogens with zero attached hydrogens (tertiary/aromatic N) is 3. The third-order valence-corrected chi connectivity index (χ3v) is 5.65. The van der Waals surface area contributed by atoms with Gasteiger partial charge >= 0.3 is 0 Å². The van der Waals surface area contributed by atoms with E-state index < -0.39 is 0 Å².